The minimum Gasteiger partial charge on any atom is -0.503 e. The predicted octanol–water partition coefficient (Wildman–Crippen LogP) is 5.01. The van der Waals surface area contributed by atoms with Gasteiger partial charge in [-0.05, 0) is 51.5 Å². The molecule has 0 fully saturated rings. The molecule has 0 bridgehead atoms. The van der Waals surface area contributed by atoms with Gasteiger partial charge < -0.3 is 15.5 Å². The number of fused-ring (bicyclic) bond motifs is 1. The standard InChI is InChI=1S/C23H20Cl2F2N2O5/c1-9(20(31)28-23(3,4)22(33)34)16-10(2)29(15-8-14(26)19(30)18(27)17(15)16)21(32)11-5-6-12(24)13(25)7-11/h5-9,30H,1-4H3,(H,28,31)(H,33,34)/t9-/m1/s1. The molecule has 1 atom stereocenters. The molecule has 180 valence electrons. The Labute approximate surface area is 202 Å². The number of aliphatic carboxylic acids is 1. The van der Waals surface area contributed by atoms with Gasteiger partial charge in [-0.25, -0.2) is 13.6 Å². The molecule has 1 aromatic heterocycles. The topological polar surface area (TPSA) is 109 Å². The Morgan fingerprint density at radius 2 is 1.74 bits per heavy atom. The van der Waals surface area contributed by atoms with E-state index in [0.717, 1.165) is 10.6 Å². The molecular formula is C23H20Cl2F2N2O5. The van der Waals surface area contributed by atoms with E-state index in [1.54, 1.807) is 0 Å². The van der Waals surface area contributed by atoms with Crippen molar-refractivity contribution < 1.29 is 33.4 Å². The number of aromatic hydroxyl groups is 1. The van der Waals surface area contributed by atoms with Crippen molar-refractivity contribution in [3.05, 3.63) is 62.8 Å². The summed E-state index contributed by atoms with van der Waals surface area (Å²) in [7, 11) is 0. The number of phenolic OH excluding ortho intramolecular Hbond substituents is 1. The van der Waals surface area contributed by atoms with Crippen molar-refractivity contribution in [1.82, 2.24) is 9.88 Å². The largest absolute Gasteiger partial charge is 0.503 e. The number of aromatic nitrogens is 1. The van der Waals surface area contributed by atoms with E-state index in [2.05, 4.69) is 5.32 Å². The van der Waals surface area contributed by atoms with Crippen molar-refractivity contribution in [3.63, 3.8) is 0 Å². The molecule has 0 radical (unpaired) electrons. The molecule has 7 nitrogen and oxygen atoms in total. The van der Waals surface area contributed by atoms with Crippen LogP contribution in [-0.2, 0) is 9.59 Å². The quantitative estimate of drug-likeness (QED) is 0.445. The Morgan fingerprint density at radius 1 is 1.12 bits per heavy atom. The van der Waals surface area contributed by atoms with E-state index >= 15 is 4.39 Å². The van der Waals surface area contributed by atoms with Crippen molar-refractivity contribution >= 4 is 51.9 Å². The molecule has 3 N–H and O–H groups in total. The molecule has 0 spiro atoms. The second kappa shape index (κ2) is 8.88. The summed E-state index contributed by atoms with van der Waals surface area (Å²) in [4.78, 5) is 37.7. The van der Waals surface area contributed by atoms with Gasteiger partial charge in [-0.2, -0.15) is 0 Å². The van der Waals surface area contributed by atoms with Gasteiger partial charge in [0.1, 0.15) is 5.54 Å². The predicted molar refractivity (Wildman–Crippen MR) is 123 cm³/mol. The molecule has 3 aromatic rings. The minimum absolute atomic E-state index is 0.0186. The summed E-state index contributed by atoms with van der Waals surface area (Å²) in [6, 6.07) is 4.83. The fraction of sp³-hybridized carbons (Fsp3) is 0.261. The van der Waals surface area contributed by atoms with Crippen LogP contribution in [0.5, 0.6) is 5.75 Å². The molecule has 0 aliphatic carbocycles. The lowest BCUT2D eigenvalue weighted by Crippen LogP contribution is -2.50. The average molecular weight is 513 g/mol. The molecule has 1 amide bonds. The Balaban J connectivity index is 2.27. The van der Waals surface area contributed by atoms with E-state index in [4.69, 9.17) is 23.2 Å². The summed E-state index contributed by atoms with van der Waals surface area (Å²) in [6.45, 7) is 5.34. The van der Waals surface area contributed by atoms with Gasteiger partial charge in [0.25, 0.3) is 5.91 Å². The highest BCUT2D eigenvalue weighted by molar-refractivity contribution is 6.42. The van der Waals surface area contributed by atoms with E-state index < -0.39 is 46.6 Å². The number of carboxylic acid groups (broad SMARTS) is 1. The molecule has 2 aromatic carbocycles. The Morgan fingerprint density at radius 3 is 2.29 bits per heavy atom. The Kier molecular flexibility index (Phi) is 6.65. The van der Waals surface area contributed by atoms with E-state index in [9.17, 15) is 29.0 Å². The number of phenols is 1. The maximum atomic E-state index is 15.1. The Bertz CT molecular complexity index is 1370. The molecule has 0 saturated carbocycles. The summed E-state index contributed by atoms with van der Waals surface area (Å²) in [5.74, 6) is -7.90. The molecule has 0 unspecified atom stereocenters. The van der Waals surface area contributed by atoms with Gasteiger partial charge in [-0.15, -0.1) is 0 Å². The maximum Gasteiger partial charge on any atom is 0.328 e. The molecule has 11 heteroatoms. The lowest BCUT2D eigenvalue weighted by atomic mass is 9.95. The van der Waals surface area contributed by atoms with Crippen LogP contribution in [0.3, 0.4) is 0 Å². The number of halogens is 4. The molecule has 0 saturated heterocycles. The molecule has 0 aliphatic rings. The number of amides is 1. The fourth-order valence-electron chi connectivity index (χ4n) is 3.66. The first-order valence-electron chi connectivity index (χ1n) is 9.96. The second-order valence-corrected chi connectivity index (χ2v) is 9.14. The van der Waals surface area contributed by atoms with Crippen LogP contribution < -0.4 is 5.32 Å². The summed E-state index contributed by atoms with van der Waals surface area (Å²) in [5.41, 5.74) is -1.74. The second-order valence-electron chi connectivity index (χ2n) is 8.32. The van der Waals surface area contributed by atoms with Crippen LogP contribution in [0.25, 0.3) is 10.9 Å². The molecule has 0 aliphatic heterocycles. The number of carbonyl (C=O) groups excluding carboxylic acids is 2. The van der Waals surface area contributed by atoms with Gasteiger partial charge in [-0.1, -0.05) is 23.2 Å². The van der Waals surface area contributed by atoms with Crippen molar-refractivity contribution in [2.45, 2.75) is 39.2 Å². The average Bonchev–Trinajstić information content (AvgIpc) is 3.04. The van der Waals surface area contributed by atoms with Crippen molar-refractivity contribution in [2.75, 3.05) is 0 Å². The molecule has 3 rings (SSSR count). The summed E-state index contributed by atoms with van der Waals surface area (Å²) >= 11 is 11.9. The molecular weight excluding hydrogens is 493 g/mol. The first-order chi connectivity index (χ1) is 15.7. The maximum absolute atomic E-state index is 15.1. The fourth-order valence-corrected chi connectivity index (χ4v) is 3.96. The number of nitrogens with one attached hydrogen (secondary N) is 1. The van der Waals surface area contributed by atoms with Crippen LogP contribution in [0.4, 0.5) is 8.78 Å². The van der Waals surface area contributed by atoms with Gasteiger partial charge in [0.05, 0.1) is 21.5 Å². The third-order valence-corrected chi connectivity index (χ3v) is 6.31. The van der Waals surface area contributed by atoms with E-state index in [1.807, 2.05) is 0 Å². The van der Waals surface area contributed by atoms with Crippen LogP contribution in [0.2, 0.25) is 10.0 Å². The number of rotatable bonds is 5. The third-order valence-electron chi connectivity index (χ3n) is 5.57. The van der Waals surface area contributed by atoms with Gasteiger partial charge in [0.15, 0.2) is 17.4 Å². The highest BCUT2D eigenvalue weighted by Crippen LogP contribution is 2.39. The summed E-state index contributed by atoms with van der Waals surface area (Å²) < 4.78 is 30.4. The number of hydrogen-bond donors (Lipinski definition) is 3. The highest BCUT2D eigenvalue weighted by atomic mass is 35.5. The smallest absolute Gasteiger partial charge is 0.328 e. The van der Waals surface area contributed by atoms with E-state index in [0.29, 0.717) is 0 Å². The summed E-state index contributed by atoms with van der Waals surface area (Å²) in [5, 5.41) is 21.5. The lowest BCUT2D eigenvalue weighted by Gasteiger charge is -2.23. The zero-order chi connectivity index (χ0) is 25.7. The number of nitrogens with zero attached hydrogens (tertiary/aromatic N) is 1. The van der Waals surface area contributed by atoms with E-state index in [1.165, 1.54) is 45.9 Å². The van der Waals surface area contributed by atoms with Gasteiger partial charge in [0.2, 0.25) is 5.91 Å². The van der Waals surface area contributed by atoms with Crippen LogP contribution in [0.15, 0.2) is 24.3 Å². The summed E-state index contributed by atoms with van der Waals surface area (Å²) in [6.07, 6.45) is 0. The Hall–Kier alpha value is -3.17. The number of benzene rings is 2. The zero-order valence-corrected chi connectivity index (χ0v) is 20.0. The van der Waals surface area contributed by atoms with E-state index in [-0.39, 0.29) is 37.8 Å². The first-order valence-corrected chi connectivity index (χ1v) is 10.7. The van der Waals surface area contributed by atoms with Crippen LogP contribution >= 0.6 is 23.2 Å². The molecule has 1 heterocycles. The minimum atomic E-state index is -1.64. The SMILES string of the molecule is Cc1c([C@@H](C)C(=O)NC(C)(C)C(=O)O)c2c(F)c(O)c(F)cc2n1C(=O)c1ccc(Cl)c(Cl)c1. The molecule has 34 heavy (non-hydrogen) atoms. The third kappa shape index (κ3) is 4.21. The first kappa shape index (κ1) is 25.5. The number of carbonyl (C=O) groups is 3. The van der Waals surface area contributed by atoms with Crippen molar-refractivity contribution in [3.8, 4) is 5.75 Å². The monoisotopic (exact) mass is 512 g/mol. The normalized spacial score (nSPS) is 12.6. The van der Waals surface area contributed by atoms with Crippen molar-refractivity contribution in [1.29, 1.82) is 0 Å². The van der Waals surface area contributed by atoms with Crippen LogP contribution in [0, 0.1) is 18.6 Å². The lowest BCUT2D eigenvalue weighted by molar-refractivity contribution is -0.146. The van der Waals surface area contributed by atoms with Crippen molar-refractivity contribution in [2.24, 2.45) is 0 Å². The van der Waals surface area contributed by atoms with Gasteiger partial charge in [0, 0.05) is 22.7 Å². The number of hydrogen-bond acceptors (Lipinski definition) is 4. The van der Waals surface area contributed by atoms with Crippen LogP contribution in [0.1, 0.15) is 48.3 Å². The van der Waals surface area contributed by atoms with Gasteiger partial charge in [-0.3, -0.25) is 14.2 Å². The highest BCUT2D eigenvalue weighted by Gasteiger charge is 2.35. The van der Waals surface area contributed by atoms with Crippen LogP contribution in [-0.4, -0.2) is 38.1 Å². The number of carboxylic acids is 1. The zero-order valence-electron chi connectivity index (χ0n) is 18.5. The van der Waals surface area contributed by atoms with Gasteiger partial charge >= 0.3 is 5.97 Å².